The minimum absolute atomic E-state index is 0.340. The van der Waals surface area contributed by atoms with E-state index in [-0.39, 0.29) is 5.82 Å². The van der Waals surface area contributed by atoms with E-state index in [1.807, 2.05) is 12.1 Å². The minimum atomic E-state index is -0.340. The highest BCUT2D eigenvalue weighted by Gasteiger charge is 2.01. The van der Waals surface area contributed by atoms with Crippen molar-refractivity contribution in [1.29, 1.82) is 0 Å². The molecule has 0 saturated carbocycles. The second-order valence-electron chi connectivity index (χ2n) is 3.72. The van der Waals surface area contributed by atoms with Crippen LogP contribution in [-0.2, 0) is 0 Å². The zero-order valence-electron chi connectivity index (χ0n) is 9.91. The number of ether oxygens (including phenoxy) is 1. The van der Waals surface area contributed by atoms with E-state index in [2.05, 4.69) is 11.8 Å². The highest BCUT2D eigenvalue weighted by Crippen LogP contribution is 2.18. The van der Waals surface area contributed by atoms with E-state index in [0.717, 1.165) is 5.56 Å². The van der Waals surface area contributed by atoms with Gasteiger partial charge in [0.1, 0.15) is 11.6 Å². The molecule has 3 heteroatoms. The molecule has 2 N–H and O–H groups in total. The Labute approximate surface area is 105 Å². The molecule has 2 nitrogen and oxygen atoms in total. The van der Waals surface area contributed by atoms with Gasteiger partial charge in [0.25, 0.3) is 0 Å². The third kappa shape index (κ3) is 2.80. The van der Waals surface area contributed by atoms with Crippen molar-refractivity contribution in [1.82, 2.24) is 0 Å². The van der Waals surface area contributed by atoms with Gasteiger partial charge in [0, 0.05) is 11.3 Å². The van der Waals surface area contributed by atoms with Crippen molar-refractivity contribution in [3.8, 4) is 17.6 Å². The number of hydrogen-bond acceptors (Lipinski definition) is 2. The second kappa shape index (κ2) is 5.24. The molecule has 0 saturated heterocycles. The summed E-state index contributed by atoms with van der Waals surface area (Å²) in [6.45, 7) is 0. The molecule has 0 amide bonds. The van der Waals surface area contributed by atoms with Gasteiger partial charge in [-0.25, -0.2) is 4.39 Å². The second-order valence-corrected chi connectivity index (χ2v) is 3.72. The predicted octanol–water partition coefficient (Wildman–Crippen LogP) is 2.82. The number of halogens is 1. The minimum Gasteiger partial charge on any atom is -0.495 e. The molecular weight excluding hydrogens is 229 g/mol. The van der Waals surface area contributed by atoms with E-state index in [1.165, 1.54) is 19.2 Å². The van der Waals surface area contributed by atoms with Crippen LogP contribution in [0, 0.1) is 17.7 Å². The molecular formula is C15H12FNO. The largest absolute Gasteiger partial charge is 0.495 e. The average Bonchev–Trinajstić information content (AvgIpc) is 2.37. The first-order valence-electron chi connectivity index (χ1n) is 5.40. The SMILES string of the molecule is COc1ccc(F)cc1C#Cc1cccc(N)c1. The summed E-state index contributed by atoms with van der Waals surface area (Å²) < 4.78 is 18.2. The number of nitrogen functional groups attached to an aromatic ring is 1. The van der Waals surface area contributed by atoms with Crippen molar-refractivity contribution in [3.05, 3.63) is 59.4 Å². The molecule has 2 aromatic carbocycles. The Morgan fingerprint density at radius 2 is 1.94 bits per heavy atom. The Balaban J connectivity index is 2.37. The first kappa shape index (κ1) is 12.0. The Kier molecular flexibility index (Phi) is 3.49. The summed E-state index contributed by atoms with van der Waals surface area (Å²) in [7, 11) is 1.53. The molecule has 0 heterocycles. The first-order chi connectivity index (χ1) is 8.69. The number of hydrogen-bond donors (Lipinski definition) is 1. The van der Waals surface area contributed by atoms with Crippen LogP contribution in [0.5, 0.6) is 5.75 Å². The number of benzene rings is 2. The molecule has 0 fully saturated rings. The van der Waals surface area contributed by atoms with Gasteiger partial charge in [-0.05, 0) is 36.4 Å². The van der Waals surface area contributed by atoms with Gasteiger partial charge in [0.05, 0.1) is 12.7 Å². The number of methoxy groups -OCH3 is 1. The van der Waals surface area contributed by atoms with Gasteiger partial charge in [-0.1, -0.05) is 17.9 Å². The fraction of sp³-hybridized carbons (Fsp3) is 0.0667. The lowest BCUT2D eigenvalue weighted by Crippen LogP contribution is -1.89. The fourth-order valence-electron chi connectivity index (χ4n) is 1.53. The van der Waals surface area contributed by atoms with Crippen molar-refractivity contribution >= 4 is 5.69 Å². The van der Waals surface area contributed by atoms with Crippen LogP contribution in [0.1, 0.15) is 11.1 Å². The molecule has 90 valence electrons. The van der Waals surface area contributed by atoms with E-state index in [0.29, 0.717) is 17.0 Å². The quantitative estimate of drug-likeness (QED) is 0.615. The van der Waals surface area contributed by atoms with Crippen LogP contribution in [0.2, 0.25) is 0 Å². The molecule has 0 spiro atoms. The Morgan fingerprint density at radius 1 is 1.11 bits per heavy atom. The van der Waals surface area contributed by atoms with Gasteiger partial charge in [-0.2, -0.15) is 0 Å². The zero-order valence-corrected chi connectivity index (χ0v) is 9.91. The monoisotopic (exact) mass is 241 g/mol. The summed E-state index contributed by atoms with van der Waals surface area (Å²) in [5.74, 6) is 6.01. The first-order valence-corrected chi connectivity index (χ1v) is 5.40. The molecule has 0 radical (unpaired) electrons. The fourth-order valence-corrected chi connectivity index (χ4v) is 1.53. The topological polar surface area (TPSA) is 35.2 Å². The molecule has 0 aliphatic rings. The Morgan fingerprint density at radius 3 is 2.67 bits per heavy atom. The Bertz CT molecular complexity index is 626. The molecule has 0 aliphatic carbocycles. The van der Waals surface area contributed by atoms with Crippen LogP contribution in [0.15, 0.2) is 42.5 Å². The molecule has 2 aromatic rings. The van der Waals surface area contributed by atoms with E-state index in [1.54, 1.807) is 18.2 Å². The molecule has 2 rings (SSSR count). The predicted molar refractivity (Wildman–Crippen MR) is 69.8 cm³/mol. The van der Waals surface area contributed by atoms with Crippen molar-refractivity contribution in [2.75, 3.05) is 12.8 Å². The van der Waals surface area contributed by atoms with E-state index in [9.17, 15) is 4.39 Å². The maximum Gasteiger partial charge on any atom is 0.134 e. The van der Waals surface area contributed by atoms with E-state index >= 15 is 0 Å². The van der Waals surface area contributed by atoms with Crippen LogP contribution < -0.4 is 10.5 Å². The third-order valence-electron chi connectivity index (χ3n) is 2.39. The lowest BCUT2D eigenvalue weighted by molar-refractivity contribution is 0.412. The van der Waals surface area contributed by atoms with Crippen LogP contribution in [-0.4, -0.2) is 7.11 Å². The maximum absolute atomic E-state index is 13.1. The highest BCUT2D eigenvalue weighted by atomic mass is 19.1. The average molecular weight is 241 g/mol. The number of nitrogens with two attached hydrogens (primary N) is 1. The summed E-state index contributed by atoms with van der Waals surface area (Å²) in [6, 6.07) is 11.4. The smallest absolute Gasteiger partial charge is 0.134 e. The standard InChI is InChI=1S/C15H12FNO/c1-18-15-8-7-13(16)10-12(15)6-5-11-3-2-4-14(17)9-11/h2-4,7-10H,17H2,1H3. The summed E-state index contributed by atoms with van der Waals surface area (Å²) in [4.78, 5) is 0. The van der Waals surface area contributed by atoms with Gasteiger partial charge >= 0.3 is 0 Å². The normalized spacial score (nSPS) is 9.44. The molecule has 0 atom stereocenters. The van der Waals surface area contributed by atoms with Gasteiger partial charge in [0.2, 0.25) is 0 Å². The van der Waals surface area contributed by atoms with Crippen LogP contribution in [0.25, 0.3) is 0 Å². The van der Waals surface area contributed by atoms with Crippen molar-refractivity contribution in [2.45, 2.75) is 0 Å². The molecule has 0 bridgehead atoms. The lowest BCUT2D eigenvalue weighted by atomic mass is 10.1. The van der Waals surface area contributed by atoms with Gasteiger partial charge in [-0.3, -0.25) is 0 Å². The zero-order chi connectivity index (χ0) is 13.0. The van der Waals surface area contributed by atoms with E-state index in [4.69, 9.17) is 10.5 Å². The molecule has 18 heavy (non-hydrogen) atoms. The number of anilines is 1. The summed E-state index contributed by atoms with van der Waals surface area (Å²) >= 11 is 0. The van der Waals surface area contributed by atoms with Crippen LogP contribution >= 0.6 is 0 Å². The highest BCUT2D eigenvalue weighted by molar-refractivity contribution is 5.52. The van der Waals surface area contributed by atoms with Crippen molar-refractivity contribution in [3.63, 3.8) is 0 Å². The molecule has 0 aliphatic heterocycles. The van der Waals surface area contributed by atoms with Crippen LogP contribution in [0.4, 0.5) is 10.1 Å². The summed E-state index contributed by atoms with van der Waals surface area (Å²) in [5.41, 5.74) is 7.59. The van der Waals surface area contributed by atoms with Gasteiger partial charge in [0.15, 0.2) is 0 Å². The van der Waals surface area contributed by atoms with Gasteiger partial charge < -0.3 is 10.5 Å². The van der Waals surface area contributed by atoms with Gasteiger partial charge in [-0.15, -0.1) is 0 Å². The number of rotatable bonds is 1. The maximum atomic E-state index is 13.1. The molecule has 0 aromatic heterocycles. The van der Waals surface area contributed by atoms with Crippen molar-refractivity contribution in [2.24, 2.45) is 0 Å². The third-order valence-corrected chi connectivity index (χ3v) is 2.39. The van der Waals surface area contributed by atoms with E-state index < -0.39 is 0 Å². The summed E-state index contributed by atoms with van der Waals surface area (Å²) in [5, 5.41) is 0. The Hall–Kier alpha value is -2.47. The van der Waals surface area contributed by atoms with Crippen LogP contribution in [0.3, 0.4) is 0 Å². The lowest BCUT2D eigenvalue weighted by Gasteiger charge is -2.02. The molecule has 0 unspecified atom stereocenters. The summed E-state index contributed by atoms with van der Waals surface area (Å²) in [6.07, 6.45) is 0. The van der Waals surface area contributed by atoms with Crippen molar-refractivity contribution < 1.29 is 9.13 Å².